The van der Waals surface area contributed by atoms with Gasteiger partial charge in [0.1, 0.15) is 54.7 Å². The topological polar surface area (TPSA) is 424 Å². The first kappa shape index (κ1) is 57.4. The highest BCUT2D eigenvalue weighted by molar-refractivity contribution is 5.99. The number of carbonyl (C=O) groups excluding carboxylic acids is 7. The number of amides is 7. The molecule has 0 aromatic carbocycles. The predicted molar refractivity (Wildman–Crippen MR) is 231 cm³/mol. The second-order valence-electron chi connectivity index (χ2n) is 16.6. The number of aliphatic carboxylic acids is 4. The van der Waals surface area contributed by atoms with E-state index in [9.17, 15) is 78.3 Å². The minimum absolute atomic E-state index is 0.00565. The van der Waals surface area contributed by atoms with E-state index in [1.165, 1.54) is 12.6 Å². The molecule has 0 fully saturated rings. The number of nitrogens with two attached hydrogens (primary N) is 1. The molecule has 0 bridgehead atoms. The highest BCUT2D eigenvalue weighted by Crippen LogP contribution is 2.14. The molecular weight excluding hydrogens is 876 g/mol. The molecule has 10 atom stereocenters. The number of hydrogen-bond donors (Lipinski definition) is 13. The lowest BCUT2D eigenvalue weighted by Gasteiger charge is -2.29. The number of carboxylic acids is 4. The number of aliphatic hydroxyl groups is 1. The lowest BCUT2D eigenvalue weighted by atomic mass is 9.97. The van der Waals surface area contributed by atoms with Crippen LogP contribution in [0.2, 0.25) is 0 Å². The van der Waals surface area contributed by atoms with Crippen molar-refractivity contribution in [2.45, 2.75) is 147 Å². The minimum atomic E-state index is -1.99. The summed E-state index contributed by atoms with van der Waals surface area (Å²) in [6, 6.07) is -13.5. The molecule has 26 nitrogen and oxygen atoms in total. The number of carboxylic acid groups (broad SMARTS) is 4. The Morgan fingerprint density at radius 3 is 1.38 bits per heavy atom. The third kappa shape index (κ3) is 21.0. The normalized spacial score (nSPS) is 17.1. The van der Waals surface area contributed by atoms with Crippen LogP contribution in [0.1, 0.15) is 92.9 Å². The van der Waals surface area contributed by atoms with Gasteiger partial charge in [0, 0.05) is 19.1 Å². The van der Waals surface area contributed by atoms with Crippen molar-refractivity contribution >= 4 is 77.8 Å². The predicted octanol–water partition coefficient (Wildman–Crippen LogP) is -3.39. The molecule has 370 valence electrons. The van der Waals surface area contributed by atoms with Gasteiger partial charge >= 0.3 is 23.9 Å². The molecule has 26 heteroatoms. The van der Waals surface area contributed by atoms with Gasteiger partial charge in [-0.05, 0) is 37.0 Å². The second-order valence-corrected chi connectivity index (χ2v) is 16.6. The van der Waals surface area contributed by atoms with Crippen LogP contribution in [0.15, 0.2) is 9.98 Å². The zero-order valence-corrected chi connectivity index (χ0v) is 37.6. The number of rotatable bonds is 31. The van der Waals surface area contributed by atoms with Gasteiger partial charge in [-0.2, -0.15) is 0 Å². The van der Waals surface area contributed by atoms with E-state index in [1.807, 2.05) is 5.32 Å². The fourth-order valence-corrected chi connectivity index (χ4v) is 6.27. The molecule has 1 rings (SSSR count). The van der Waals surface area contributed by atoms with Crippen LogP contribution in [0.5, 0.6) is 0 Å². The molecule has 14 N–H and O–H groups in total. The van der Waals surface area contributed by atoms with Crippen LogP contribution in [-0.2, 0) is 52.7 Å². The summed E-state index contributed by atoms with van der Waals surface area (Å²) in [7, 11) is 0. The summed E-state index contributed by atoms with van der Waals surface area (Å²) in [4.78, 5) is 149. The zero-order valence-electron chi connectivity index (χ0n) is 37.6. The summed E-state index contributed by atoms with van der Waals surface area (Å²) in [6.07, 6.45) is -0.800. The van der Waals surface area contributed by atoms with Crippen molar-refractivity contribution in [3.05, 3.63) is 0 Å². The van der Waals surface area contributed by atoms with Gasteiger partial charge < -0.3 is 68.5 Å². The third-order valence-electron chi connectivity index (χ3n) is 9.99. The van der Waals surface area contributed by atoms with Gasteiger partial charge in [-0.25, -0.2) is 9.79 Å². The molecule has 7 amide bonds. The molecule has 0 saturated heterocycles. The lowest BCUT2D eigenvalue weighted by Crippen LogP contribution is -2.61. The Morgan fingerprint density at radius 1 is 0.576 bits per heavy atom. The van der Waals surface area contributed by atoms with Gasteiger partial charge in [-0.15, -0.1) is 0 Å². The first-order valence-electron chi connectivity index (χ1n) is 21.2. The number of nitrogens with one attached hydrogen (secondary N) is 7. The molecule has 0 radical (unpaired) electrons. The van der Waals surface area contributed by atoms with E-state index in [2.05, 4.69) is 41.9 Å². The fourth-order valence-electron chi connectivity index (χ4n) is 6.27. The molecule has 66 heavy (non-hydrogen) atoms. The maximum Gasteiger partial charge on any atom is 0.326 e. The van der Waals surface area contributed by atoms with Crippen molar-refractivity contribution < 1.29 is 78.3 Å². The largest absolute Gasteiger partial charge is 0.481 e. The maximum absolute atomic E-state index is 14.0. The fraction of sp³-hybridized carbons (Fsp3) is 0.675. The Labute approximate surface area is 380 Å². The van der Waals surface area contributed by atoms with E-state index in [4.69, 9.17) is 5.73 Å². The first-order valence-corrected chi connectivity index (χ1v) is 21.2. The number of aliphatic imine (C=N–C) groups is 2. The number of carbonyl (C=O) groups is 11. The van der Waals surface area contributed by atoms with E-state index in [-0.39, 0.29) is 31.1 Å². The molecular formula is C40H64N10O16. The van der Waals surface area contributed by atoms with E-state index in [1.54, 1.807) is 41.5 Å². The molecule has 1 unspecified atom stereocenters. The Balaban J connectivity index is 3.46. The maximum atomic E-state index is 14.0. The average molecular weight is 941 g/mol. The number of nitrogens with zero attached hydrogens (tertiary/aromatic N) is 2. The number of aliphatic hydroxyl groups excluding tert-OH is 1. The average Bonchev–Trinajstić information content (AvgIpc) is 3.74. The Kier molecular flexibility index (Phi) is 24.7. The molecule has 1 heterocycles. The summed E-state index contributed by atoms with van der Waals surface area (Å²) in [5.41, 5.74) is 5.43. The van der Waals surface area contributed by atoms with Gasteiger partial charge in [-0.3, -0.25) is 52.9 Å². The molecule has 1 aliphatic rings. The van der Waals surface area contributed by atoms with Gasteiger partial charge in [0.25, 0.3) is 0 Å². The van der Waals surface area contributed by atoms with Crippen molar-refractivity contribution in [3.8, 4) is 0 Å². The van der Waals surface area contributed by atoms with E-state index in [0.717, 1.165) is 0 Å². The van der Waals surface area contributed by atoms with Crippen molar-refractivity contribution in [2.75, 3.05) is 6.61 Å². The quantitative estimate of drug-likeness (QED) is 0.0322. The Bertz CT molecular complexity index is 1810. The third-order valence-corrected chi connectivity index (χ3v) is 9.99. The summed E-state index contributed by atoms with van der Waals surface area (Å²) in [5, 5.41) is 63.5. The minimum Gasteiger partial charge on any atom is -0.481 e. The molecule has 0 spiro atoms. The molecule has 0 aromatic rings. The van der Waals surface area contributed by atoms with Crippen LogP contribution in [0, 0.1) is 17.8 Å². The van der Waals surface area contributed by atoms with Crippen molar-refractivity contribution in [1.29, 1.82) is 0 Å². The second kappa shape index (κ2) is 28.4. The highest BCUT2D eigenvalue weighted by atomic mass is 16.4. The monoisotopic (exact) mass is 940 g/mol. The standard InChI is InChI=1S/C40H64N10O16/c1-7-20(6)32(40(65)66)50-39(64)26(12-21-15-42-17-43-21)48-36(61)25(11-19(4)5)46-35(60)24(10-18(2)3)47-38(63)28(14-31(56)57)49-34(59)23(8-9-29(52)53)44-37(62)27(13-30(54)55)45-33(58)22(41)16-51/h15,17-28,32,51H,7-14,16,41H2,1-6H3,(H,44,62)(H,45,58)(H,46,60)(H,47,63)(H,48,61)(H,49,59)(H,50,64)(H,52,53)(H,54,55)(H,56,57)(H,65,66)/t20-,21?,22-,23-,24-,25-,26-,27-,28-,32-/m0/s1. The van der Waals surface area contributed by atoms with Crippen LogP contribution in [0.4, 0.5) is 0 Å². The SMILES string of the molecule is CC[C@H](C)[C@H](NC(=O)[C@H](CC1C=NC=N1)NC(=O)[C@H](CC(C)C)NC(=O)[C@H](CC(C)C)NC(=O)[C@H](CC(=O)O)NC(=O)[C@H](CCC(=O)O)NC(=O)[C@H](CC(=O)O)NC(=O)[C@@H](N)CO)C(=O)O. The van der Waals surface area contributed by atoms with Gasteiger partial charge in [0.15, 0.2) is 0 Å². The van der Waals surface area contributed by atoms with Crippen LogP contribution >= 0.6 is 0 Å². The molecule has 1 aliphatic heterocycles. The molecule has 0 aliphatic carbocycles. The van der Waals surface area contributed by atoms with Crippen molar-refractivity contribution in [2.24, 2.45) is 33.5 Å². The van der Waals surface area contributed by atoms with E-state index in [0.29, 0.717) is 6.42 Å². The highest BCUT2D eigenvalue weighted by Gasteiger charge is 2.37. The van der Waals surface area contributed by atoms with Crippen LogP contribution in [0.25, 0.3) is 0 Å². The summed E-state index contributed by atoms with van der Waals surface area (Å²) < 4.78 is 0. The van der Waals surface area contributed by atoms with E-state index < -0.39 is 158 Å². The lowest BCUT2D eigenvalue weighted by molar-refractivity contribution is -0.144. The van der Waals surface area contributed by atoms with Gasteiger partial charge in [0.05, 0.1) is 25.5 Å². The summed E-state index contributed by atoms with van der Waals surface area (Å²) in [5.74, 6) is -14.7. The Hall–Kier alpha value is -6.57. The van der Waals surface area contributed by atoms with Crippen molar-refractivity contribution in [1.82, 2.24) is 37.2 Å². The van der Waals surface area contributed by atoms with Crippen LogP contribution in [0.3, 0.4) is 0 Å². The zero-order chi connectivity index (χ0) is 50.4. The number of hydrogen-bond acceptors (Lipinski definition) is 15. The summed E-state index contributed by atoms with van der Waals surface area (Å²) in [6.45, 7) is 9.30. The van der Waals surface area contributed by atoms with Crippen molar-refractivity contribution in [3.63, 3.8) is 0 Å². The van der Waals surface area contributed by atoms with Crippen LogP contribution < -0.4 is 43.0 Å². The smallest absolute Gasteiger partial charge is 0.326 e. The van der Waals surface area contributed by atoms with E-state index >= 15 is 0 Å². The van der Waals surface area contributed by atoms with Crippen LogP contribution in [-0.4, -0.2) is 164 Å². The van der Waals surface area contributed by atoms with Gasteiger partial charge in [-0.1, -0.05) is 48.0 Å². The molecule has 0 aromatic heterocycles. The first-order chi connectivity index (χ1) is 30.8. The Morgan fingerprint density at radius 2 is 0.985 bits per heavy atom. The van der Waals surface area contributed by atoms with Gasteiger partial charge in [0.2, 0.25) is 41.4 Å². The molecule has 0 saturated carbocycles. The summed E-state index contributed by atoms with van der Waals surface area (Å²) >= 11 is 0.